The molecule has 2 atom stereocenters. The summed E-state index contributed by atoms with van der Waals surface area (Å²) in [6.45, 7) is 1.54. The Kier molecular flexibility index (Phi) is 2.02. The average molecular weight is 187 g/mol. The maximum Gasteiger partial charge on any atom is 0.315 e. The molecule has 1 spiro atoms. The van der Waals surface area contributed by atoms with Crippen molar-refractivity contribution < 1.29 is 13.9 Å². The monoisotopic (exact) mass is 187 g/mol. The van der Waals surface area contributed by atoms with Gasteiger partial charge < -0.3 is 9.64 Å². The van der Waals surface area contributed by atoms with Gasteiger partial charge in [-0.25, -0.2) is 4.39 Å². The lowest BCUT2D eigenvalue weighted by atomic mass is 9.76. The molecule has 0 amide bonds. The molecule has 2 saturated heterocycles. The van der Waals surface area contributed by atoms with Gasteiger partial charge in [0.1, 0.15) is 11.6 Å². The number of hydrogen-bond donors (Lipinski definition) is 0. The molecule has 0 radical (unpaired) electrons. The van der Waals surface area contributed by atoms with E-state index in [0.29, 0.717) is 26.0 Å². The van der Waals surface area contributed by atoms with E-state index in [1.165, 1.54) is 0 Å². The molecule has 4 heteroatoms. The third-order valence-electron chi connectivity index (χ3n) is 3.20. The van der Waals surface area contributed by atoms with Crippen molar-refractivity contribution >= 4 is 5.97 Å². The number of nitrogens with zero attached hydrogens (tertiary/aromatic N) is 1. The molecule has 0 aromatic carbocycles. The molecule has 2 rings (SSSR count). The minimum atomic E-state index is -1.05. The third kappa shape index (κ3) is 1.24. The Hall–Kier alpha value is -0.640. The van der Waals surface area contributed by atoms with Crippen molar-refractivity contribution in [3.8, 4) is 0 Å². The van der Waals surface area contributed by atoms with Crippen LogP contribution in [0.3, 0.4) is 0 Å². The van der Waals surface area contributed by atoms with Gasteiger partial charge in [0.2, 0.25) is 0 Å². The first-order valence-corrected chi connectivity index (χ1v) is 4.65. The number of alkyl halides is 1. The van der Waals surface area contributed by atoms with Gasteiger partial charge in [0.05, 0.1) is 6.61 Å². The van der Waals surface area contributed by atoms with Crippen molar-refractivity contribution in [1.82, 2.24) is 4.90 Å². The van der Waals surface area contributed by atoms with E-state index in [1.54, 1.807) is 0 Å². The molecule has 3 nitrogen and oxygen atoms in total. The van der Waals surface area contributed by atoms with Gasteiger partial charge >= 0.3 is 5.97 Å². The van der Waals surface area contributed by atoms with Crippen LogP contribution in [0.2, 0.25) is 0 Å². The summed E-state index contributed by atoms with van der Waals surface area (Å²) in [5, 5.41) is 0. The fourth-order valence-electron chi connectivity index (χ4n) is 2.17. The van der Waals surface area contributed by atoms with Crippen LogP contribution >= 0.6 is 0 Å². The summed E-state index contributed by atoms with van der Waals surface area (Å²) in [4.78, 5) is 13.3. The van der Waals surface area contributed by atoms with E-state index in [4.69, 9.17) is 4.74 Å². The standard InChI is InChI=1S/C9H14FNO2/c1-11-4-2-9(7(10)6-11)3-5-13-8(9)12/h7H,2-6H2,1H3. The van der Waals surface area contributed by atoms with E-state index in [0.717, 1.165) is 6.54 Å². The highest BCUT2D eigenvalue weighted by molar-refractivity contribution is 5.79. The second-order valence-electron chi connectivity index (χ2n) is 4.02. The molecule has 74 valence electrons. The van der Waals surface area contributed by atoms with Crippen molar-refractivity contribution in [1.29, 1.82) is 0 Å². The van der Waals surface area contributed by atoms with Crippen molar-refractivity contribution in [2.24, 2.45) is 5.41 Å². The molecule has 2 fully saturated rings. The van der Waals surface area contributed by atoms with Gasteiger partial charge in [0, 0.05) is 13.0 Å². The van der Waals surface area contributed by atoms with E-state index in [2.05, 4.69) is 0 Å². The van der Waals surface area contributed by atoms with E-state index >= 15 is 0 Å². The Bertz CT molecular complexity index is 234. The molecule has 0 aromatic rings. The second-order valence-corrected chi connectivity index (χ2v) is 4.02. The number of esters is 1. The minimum Gasteiger partial charge on any atom is -0.465 e. The van der Waals surface area contributed by atoms with Crippen molar-refractivity contribution in [3.05, 3.63) is 0 Å². The van der Waals surface area contributed by atoms with Crippen molar-refractivity contribution in [2.45, 2.75) is 19.0 Å². The third-order valence-corrected chi connectivity index (χ3v) is 3.20. The van der Waals surface area contributed by atoms with E-state index in [9.17, 15) is 9.18 Å². The molecule has 2 aliphatic heterocycles. The number of carbonyl (C=O) groups excluding carboxylic acids is 1. The largest absolute Gasteiger partial charge is 0.465 e. The van der Waals surface area contributed by atoms with Gasteiger partial charge in [-0.15, -0.1) is 0 Å². The lowest BCUT2D eigenvalue weighted by Gasteiger charge is -2.37. The average Bonchev–Trinajstić information content (AvgIpc) is 2.43. The van der Waals surface area contributed by atoms with Crippen LogP contribution in [0.25, 0.3) is 0 Å². The highest BCUT2D eigenvalue weighted by Crippen LogP contribution is 2.41. The normalized spacial score (nSPS) is 41.1. The number of cyclic esters (lactones) is 1. The summed E-state index contributed by atoms with van der Waals surface area (Å²) >= 11 is 0. The number of rotatable bonds is 0. The fraction of sp³-hybridized carbons (Fsp3) is 0.889. The molecule has 2 unspecified atom stereocenters. The molecule has 0 aromatic heterocycles. The lowest BCUT2D eigenvalue weighted by molar-refractivity contribution is -0.152. The minimum absolute atomic E-state index is 0.326. The number of carbonyl (C=O) groups is 1. The van der Waals surface area contributed by atoms with Crippen LogP contribution in [0.15, 0.2) is 0 Å². The first-order chi connectivity index (χ1) is 6.15. The SMILES string of the molecule is CN1CCC2(CCOC2=O)C(F)C1. The molecule has 0 aliphatic carbocycles. The Balaban J connectivity index is 2.17. The Morgan fingerprint density at radius 1 is 1.62 bits per heavy atom. The first kappa shape index (κ1) is 8.94. The molecule has 13 heavy (non-hydrogen) atoms. The van der Waals surface area contributed by atoms with Crippen LogP contribution in [0.1, 0.15) is 12.8 Å². The van der Waals surface area contributed by atoms with Crippen LogP contribution in [-0.2, 0) is 9.53 Å². The van der Waals surface area contributed by atoms with Gasteiger partial charge in [-0.1, -0.05) is 0 Å². The maximum absolute atomic E-state index is 13.7. The highest BCUT2D eigenvalue weighted by Gasteiger charge is 2.53. The van der Waals surface area contributed by atoms with Gasteiger partial charge in [0.15, 0.2) is 0 Å². The Labute approximate surface area is 76.8 Å². The summed E-state index contributed by atoms with van der Waals surface area (Å²) in [7, 11) is 1.87. The maximum atomic E-state index is 13.7. The summed E-state index contributed by atoms with van der Waals surface area (Å²) < 4.78 is 18.6. The van der Waals surface area contributed by atoms with E-state index in [1.807, 2.05) is 11.9 Å². The molecular formula is C9H14FNO2. The van der Waals surface area contributed by atoms with Crippen LogP contribution in [-0.4, -0.2) is 43.8 Å². The number of ether oxygens (including phenoxy) is 1. The fourth-order valence-corrected chi connectivity index (χ4v) is 2.17. The number of hydrogen-bond acceptors (Lipinski definition) is 3. The second kappa shape index (κ2) is 2.94. The zero-order valence-electron chi connectivity index (χ0n) is 7.75. The molecule has 2 aliphatic rings. The lowest BCUT2D eigenvalue weighted by Crippen LogP contribution is -2.49. The predicted molar refractivity (Wildman–Crippen MR) is 45.0 cm³/mol. The predicted octanol–water partition coefficient (Wildman–Crippen LogP) is 0.593. The van der Waals surface area contributed by atoms with Gasteiger partial charge in [-0.05, 0) is 20.0 Å². The molecular weight excluding hydrogens is 173 g/mol. The smallest absolute Gasteiger partial charge is 0.315 e. The van der Waals surface area contributed by atoms with E-state index < -0.39 is 11.6 Å². The highest BCUT2D eigenvalue weighted by atomic mass is 19.1. The number of likely N-dealkylation sites (tertiary alicyclic amines) is 1. The van der Waals surface area contributed by atoms with Crippen LogP contribution in [0, 0.1) is 5.41 Å². The van der Waals surface area contributed by atoms with E-state index in [-0.39, 0.29) is 5.97 Å². The quantitative estimate of drug-likeness (QED) is 0.520. The topological polar surface area (TPSA) is 29.5 Å². The van der Waals surface area contributed by atoms with Gasteiger partial charge in [-0.3, -0.25) is 4.79 Å². The van der Waals surface area contributed by atoms with Gasteiger partial charge in [0.25, 0.3) is 0 Å². The van der Waals surface area contributed by atoms with Crippen molar-refractivity contribution in [2.75, 3.05) is 26.7 Å². The first-order valence-electron chi connectivity index (χ1n) is 4.65. The van der Waals surface area contributed by atoms with Gasteiger partial charge in [-0.2, -0.15) is 0 Å². The van der Waals surface area contributed by atoms with Crippen molar-refractivity contribution in [3.63, 3.8) is 0 Å². The molecule has 0 saturated carbocycles. The number of halogens is 1. The summed E-state index contributed by atoms with van der Waals surface area (Å²) in [5.74, 6) is -0.326. The Morgan fingerprint density at radius 2 is 2.38 bits per heavy atom. The van der Waals surface area contributed by atoms with Crippen LogP contribution < -0.4 is 0 Å². The summed E-state index contributed by atoms with van der Waals surface area (Å²) in [5.41, 5.74) is -0.799. The van der Waals surface area contributed by atoms with Crippen LogP contribution in [0.4, 0.5) is 4.39 Å². The van der Waals surface area contributed by atoms with Crippen LogP contribution in [0.5, 0.6) is 0 Å². The zero-order chi connectivity index (χ0) is 9.47. The summed E-state index contributed by atoms with van der Waals surface area (Å²) in [6, 6.07) is 0. The molecule has 0 bridgehead atoms. The summed E-state index contributed by atoms with van der Waals surface area (Å²) in [6.07, 6.45) is 0.103. The Morgan fingerprint density at radius 3 is 2.92 bits per heavy atom. The molecule has 0 N–H and O–H groups in total. The zero-order valence-corrected chi connectivity index (χ0v) is 7.75. The molecule has 2 heterocycles. The number of piperidine rings is 1.